The van der Waals surface area contributed by atoms with E-state index in [4.69, 9.17) is 9.47 Å². The molecule has 0 unspecified atom stereocenters. The predicted molar refractivity (Wildman–Crippen MR) is 114 cm³/mol. The van der Waals surface area contributed by atoms with E-state index in [0.717, 1.165) is 55.5 Å². The minimum atomic E-state index is -0.883. The first-order chi connectivity index (χ1) is 14.1. The molecule has 0 amide bonds. The van der Waals surface area contributed by atoms with E-state index in [1.165, 1.54) is 31.2 Å². The summed E-state index contributed by atoms with van der Waals surface area (Å²) in [7, 11) is 0. The third kappa shape index (κ3) is 2.40. The van der Waals surface area contributed by atoms with Crippen LogP contribution in [0.1, 0.15) is 56.1 Å². The number of benzene rings is 1. The Balaban J connectivity index is 0.00000175. The molecule has 0 radical (unpaired) electrons. The summed E-state index contributed by atoms with van der Waals surface area (Å²) in [6.45, 7) is 2.76. The van der Waals surface area contributed by atoms with Crippen molar-refractivity contribution in [3.8, 4) is 11.5 Å². The number of carbonyl (C=O) groups excluding carboxylic acids is 1. The van der Waals surface area contributed by atoms with Crippen molar-refractivity contribution in [3.05, 3.63) is 23.3 Å². The average Bonchev–Trinajstić information content (AvgIpc) is 3.63. The summed E-state index contributed by atoms with van der Waals surface area (Å²) in [5.41, 5.74) is 0.890. The van der Waals surface area contributed by atoms with Crippen LogP contribution in [0.25, 0.3) is 0 Å². The number of Topliss-reactive ketones (excluding diaryl/α,β-unsaturated/α-hetero) is 1. The van der Waals surface area contributed by atoms with E-state index in [1.54, 1.807) is 0 Å². The zero-order valence-electron chi connectivity index (χ0n) is 17.3. The molecule has 2 heterocycles. The van der Waals surface area contributed by atoms with Crippen molar-refractivity contribution >= 4 is 18.2 Å². The summed E-state index contributed by atoms with van der Waals surface area (Å²) >= 11 is 0. The number of piperidine rings is 1. The summed E-state index contributed by atoms with van der Waals surface area (Å²) in [6.07, 6.45) is 7.19. The second-order valence-corrected chi connectivity index (χ2v) is 10.4. The normalized spacial score (nSPS) is 38.5. The Morgan fingerprint density at radius 3 is 2.73 bits per heavy atom. The van der Waals surface area contributed by atoms with Crippen LogP contribution >= 0.6 is 12.4 Å². The molecule has 1 N–H and O–H groups in total. The molecule has 4 fully saturated rings. The molecule has 1 spiro atoms. The number of likely N-dealkylation sites (tertiary alicyclic amines) is 1. The van der Waals surface area contributed by atoms with E-state index in [2.05, 4.69) is 11.0 Å². The Morgan fingerprint density at radius 1 is 1.17 bits per heavy atom. The molecule has 2 aliphatic heterocycles. The second kappa shape index (κ2) is 6.36. The van der Waals surface area contributed by atoms with Gasteiger partial charge < -0.3 is 14.6 Å². The molecule has 4 aliphatic carbocycles. The Kier molecular flexibility index (Phi) is 4.11. The lowest BCUT2D eigenvalue weighted by Crippen LogP contribution is -2.76. The highest BCUT2D eigenvalue weighted by molar-refractivity contribution is 5.90. The standard InChI is InChI=1S/C24H29NO4.ClH/c26-17-7-8-24(27)19-11-16-5-6-18(28-13-15-3-4-15)21-20(16)23(24,22(17)29-21)9-10-25(19)12-14-1-2-14;/h5-6,14-15,19,22,27H,1-4,7-13H2;1H/t19-,22+,23+,24-;/m1./s1. The van der Waals surface area contributed by atoms with Crippen molar-refractivity contribution < 1.29 is 19.4 Å². The second-order valence-electron chi connectivity index (χ2n) is 10.4. The van der Waals surface area contributed by atoms with Gasteiger partial charge >= 0.3 is 0 Å². The maximum atomic E-state index is 13.0. The highest BCUT2D eigenvalue weighted by Crippen LogP contribution is 2.65. The maximum Gasteiger partial charge on any atom is 0.174 e. The van der Waals surface area contributed by atoms with Crippen LogP contribution in [-0.2, 0) is 16.6 Å². The van der Waals surface area contributed by atoms with Gasteiger partial charge in [-0.05, 0) is 75.0 Å². The van der Waals surface area contributed by atoms with Gasteiger partial charge in [0.2, 0.25) is 0 Å². The zero-order chi connectivity index (χ0) is 19.4. The number of nitrogens with zero attached hydrogens (tertiary/aromatic N) is 1. The first kappa shape index (κ1) is 19.4. The number of hydrogen-bond donors (Lipinski definition) is 1. The number of carbonyl (C=O) groups is 1. The lowest BCUT2D eigenvalue weighted by molar-refractivity contribution is -0.188. The lowest BCUT2D eigenvalue weighted by Gasteiger charge is -2.62. The fourth-order valence-electron chi connectivity index (χ4n) is 6.86. The average molecular weight is 432 g/mol. The largest absolute Gasteiger partial charge is 0.489 e. The van der Waals surface area contributed by atoms with E-state index in [1.807, 2.05) is 6.07 Å². The minimum Gasteiger partial charge on any atom is -0.489 e. The van der Waals surface area contributed by atoms with E-state index in [0.29, 0.717) is 18.8 Å². The van der Waals surface area contributed by atoms with E-state index in [-0.39, 0.29) is 24.2 Å². The van der Waals surface area contributed by atoms with Gasteiger partial charge in [-0.2, -0.15) is 0 Å². The highest BCUT2D eigenvalue weighted by atomic mass is 35.5. The lowest BCUT2D eigenvalue weighted by atomic mass is 9.49. The van der Waals surface area contributed by atoms with Crippen LogP contribution in [0.15, 0.2) is 12.1 Å². The first-order valence-corrected chi connectivity index (χ1v) is 11.5. The SMILES string of the molecule is Cl.O=C1CC[C@@]2(O)[C@H]3Cc4ccc(OCC5CC5)c5c4[C@@]2(CCN3CC2CC2)[C@H]1O5. The molecule has 30 heavy (non-hydrogen) atoms. The summed E-state index contributed by atoms with van der Waals surface area (Å²) < 4.78 is 12.6. The van der Waals surface area contributed by atoms with E-state index >= 15 is 0 Å². The highest BCUT2D eigenvalue weighted by Gasteiger charge is 2.73. The van der Waals surface area contributed by atoms with Gasteiger partial charge in [-0.3, -0.25) is 9.69 Å². The monoisotopic (exact) mass is 431 g/mol. The molecule has 1 saturated heterocycles. The van der Waals surface area contributed by atoms with Crippen molar-refractivity contribution in [2.24, 2.45) is 11.8 Å². The molecule has 6 heteroatoms. The van der Waals surface area contributed by atoms with Crippen LogP contribution in [0.3, 0.4) is 0 Å². The van der Waals surface area contributed by atoms with E-state index < -0.39 is 17.1 Å². The molecule has 162 valence electrons. The van der Waals surface area contributed by atoms with Gasteiger partial charge in [-0.1, -0.05) is 6.07 Å². The van der Waals surface area contributed by atoms with Gasteiger partial charge in [0, 0.05) is 24.6 Å². The quantitative estimate of drug-likeness (QED) is 0.776. The Hall–Kier alpha value is -1.30. The third-order valence-corrected chi connectivity index (χ3v) is 8.71. The molecule has 7 rings (SSSR count). The summed E-state index contributed by atoms with van der Waals surface area (Å²) in [5.74, 6) is 3.14. The number of hydrogen-bond acceptors (Lipinski definition) is 5. The van der Waals surface area contributed by atoms with Crippen LogP contribution in [0.4, 0.5) is 0 Å². The molecular weight excluding hydrogens is 402 g/mol. The van der Waals surface area contributed by atoms with Crippen LogP contribution in [0.2, 0.25) is 0 Å². The zero-order valence-corrected chi connectivity index (χ0v) is 18.1. The number of ether oxygens (including phenoxy) is 2. The third-order valence-electron chi connectivity index (χ3n) is 8.71. The molecule has 6 aliphatic rings. The Labute approximate surface area is 183 Å². The Morgan fingerprint density at radius 2 is 1.97 bits per heavy atom. The molecule has 1 aromatic carbocycles. The van der Waals surface area contributed by atoms with Gasteiger partial charge in [-0.15, -0.1) is 12.4 Å². The van der Waals surface area contributed by atoms with Gasteiger partial charge in [0.1, 0.15) is 0 Å². The van der Waals surface area contributed by atoms with Gasteiger partial charge in [0.15, 0.2) is 23.4 Å². The molecule has 3 saturated carbocycles. The molecule has 2 bridgehead atoms. The first-order valence-electron chi connectivity index (χ1n) is 11.5. The fraction of sp³-hybridized carbons (Fsp3) is 0.708. The number of aliphatic hydroxyl groups is 1. The number of halogens is 1. The molecule has 0 aromatic heterocycles. The van der Waals surface area contributed by atoms with Crippen molar-refractivity contribution in [1.82, 2.24) is 4.90 Å². The smallest absolute Gasteiger partial charge is 0.174 e. The van der Waals surface area contributed by atoms with Gasteiger partial charge in [0.05, 0.1) is 17.6 Å². The molecule has 4 atom stereocenters. The van der Waals surface area contributed by atoms with Crippen LogP contribution in [0, 0.1) is 11.8 Å². The predicted octanol–water partition coefficient (Wildman–Crippen LogP) is 3.03. The Bertz CT molecular complexity index is 913. The van der Waals surface area contributed by atoms with Crippen molar-refractivity contribution in [1.29, 1.82) is 0 Å². The van der Waals surface area contributed by atoms with Crippen molar-refractivity contribution in [2.75, 3.05) is 19.7 Å². The minimum absolute atomic E-state index is 0. The van der Waals surface area contributed by atoms with Crippen molar-refractivity contribution in [3.63, 3.8) is 0 Å². The van der Waals surface area contributed by atoms with Gasteiger partial charge in [-0.25, -0.2) is 0 Å². The number of rotatable bonds is 5. The number of ketones is 1. The molecular formula is C24H30ClNO4. The summed E-state index contributed by atoms with van der Waals surface area (Å²) in [4.78, 5) is 15.6. The van der Waals surface area contributed by atoms with Crippen LogP contribution in [0.5, 0.6) is 11.5 Å². The van der Waals surface area contributed by atoms with Crippen LogP contribution < -0.4 is 9.47 Å². The van der Waals surface area contributed by atoms with E-state index in [9.17, 15) is 9.90 Å². The molecule has 1 aromatic rings. The summed E-state index contributed by atoms with van der Waals surface area (Å²) in [5, 5.41) is 12.2. The molecule has 5 nitrogen and oxygen atoms in total. The summed E-state index contributed by atoms with van der Waals surface area (Å²) in [6, 6.07) is 4.31. The van der Waals surface area contributed by atoms with Crippen LogP contribution in [-0.4, -0.2) is 53.2 Å². The topological polar surface area (TPSA) is 59.0 Å². The maximum absolute atomic E-state index is 13.0. The fourth-order valence-corrected chi connectivity index (χ4v) is 6.86. The van der Waals surface area contributed by atoms with Gasteiger partial charge in [0.25, 0.3) is 0 Å². The van der Waals surface area contributed by atoms with Crippen molar-refractivity contribution in [2.45, 2.75) is 74.5 Å².